The van der Waals surface area contributed by atoms with Crippen molar-refractivity contribution in [1.29, 1.82) is 0 Å². The van der Waals surface area contributed by atoms with E-state index in [1.54, 1.807) is 6.08 Å². The van der Waals surface area contributed by atoms with Gasteiger partial charge in [0.05, 0.1) is 0 Å². The van der Waals surface area contributed by atoms with Crippen LogP contribution in [0.15, 0.2) is 23.3 Å². The van der Waals surface area contributed by atoms with Crippen LogP contribution in [0.2, 0.25) is 0 Å². The van der Waals surface area contributed by atoms with E-state index < -0.39 is 0 Å². The van der Waals surface area contributed by atoms with Crippen molar-refractivity contribution in [3.8, 4) is 0 Å². The molecule has 7 atom stereocenters. The van der Waals surface area contributed by atoms with Gasteiger partial charge in [-0.25, -0.2) is 0 Å². The van der Waals surface area contributed by atoms with Gasteiger partial charge in [-0.2, -0.15) is 0 Å². The first kappa shape index (κ1) is 19.6. The van der Waals surface area contributed by atoms with Gasteiger partial charge in [0.1, 0.15) is 11.9 Å². The van der Waals surface area contributed by atoms with Gasteiger partial charge in [-0.3, -0.25) is 14.4 Å². The molecule has 0 bridgehead atoms. The third-order valence-electron chi connectivity index (χ3n) is 8.81. The zero-order valence-corrected chi connectivity index (χ0v) is 17.7. The minimum atomic E-state index is -0.306. The molecule has 0 amide bonds. The normalized spacial score (nSPS) is 43.3. The standard InChI is InChI=1S/C24H32O4/c1-13-10-17(26)11-16-6-7-18-20(24(13,16)5)8-9-23(4)21(27)12-19(22(18)23)14(2)28-15(3)25/h10-11,14,18-20,22H,6-9,12H2,1-5H3/t14?,18-,19+,20+,22-,23-,24+/m1/s1. The maximum Gasteiger partial charge on any atom is 0.302 e. The molecule has 4 rings (SSSR count). The molecule has 4 heteroatoms. The summed E-state index contributed by atoms with van der Waals surface area (Å²) in [5, 5.41) is 0. The quantitative estimate of drug-likeness (QED) is 0.661. The van der Waals surface area contributed by atoms with Crippen molar-refractivity contribution < 1.29 is 19.1 Å². The van der Waals surface area contributed by atoms with E-state index in [1.165, 1.54) is 18.1 Å². The Morgan fingerprint density at radius 1 is 1.21 bits per heavy atom. The van der Waals surface area contributed by atoms with Crippen LogP contribution in [-0.4, -0.2) is 23.6 Å². The van der Waals surface area contributed by atoms with Crippen molar-refractivity contribution in [3.63, 3.8) is 0 Å². The van der Waals surface area contributed by atoms with Crippen LogP contribution in [0.25, 0.3) is 0 Å². The highest BCUT2D eigenvalue weighted by atomic mass is 16.5. The van der Waals surface area contributed by atoms with E-state index in [9.17, 15) is 14.4 Å². The van der Waals surface area contributed by atoms with E-state index in [2.05, 4.69) is 20.8 Å². The summed E-state index contributed by atoms with van der Waals surface area (Å²) >= 11 is 0. The van der Waals surface area contributed by atoms with Crippen LogP contribution in [0.3, 0.4) is 0 Å². The third kappa shape index (κ3) is 2.59. The van der Waals surface area contributed by atoms with Crippen molar-refractivity contribution in [2.75, 3.05) is 0 Å². The topological polar surface area (TPSA) is 60.4 Å². The first-order chi connectivity index (χ1) is 13.1. The lowest BCUT2D eigenvalue weighted by atomic mass is 9.46. The third-order valence-corrected chi connectivity index (χ3v) is 8.81. The Morgan fingerprint density at radius 2 is 1.93 bits per heavy atom. The van der Waals surface area contributed by atoms with Crippen LogP contribution in [0, 0.1) is 34.5 Å². The van der Waals surface area contributed by atoms with E-state index in [0.717, 1.165) is 25.7 Å². The number of ketones is 2. The van der Waals surface area contributed by atoms with Crippen LogP contribution in [0.5, 0.6) is 0 Å². The first-order valence-corrected chi connectivity index (χ1v) is 10.7. The maximum absolute atomic E-state index is 13.1. The Kier molecular flexibility index (Phi) is 4.48. The molecule has 0 aromatic heterocycles. The predicted octanol–water partition coefficient (Wildman–Crippen LogP) is 4.43. The van der Waals surface area contributed by atoms with Gasteiger partial charge in [0, 0.05) is 30.1 Å². The molecule has 3 saturated carbocycles. The Bertz CT molecular complexity index is 805. The van der Waals surface area contributed by atoms with Gasteiger partial charge in [-0.15, -0.1) is 0 Å². The van der Waals surface area contributed by atoms with Crippen molar-refractivity contribution in [3.05, 3.63) is 23.3 Å². The summed E-state index contributed by atoms with van der Waals surface area (Å²) in [6.07, 6.45) is 7.80. The number of ether oxygens (including phenoxy) is 1. The van der Waals surface area contributed by atoms with E-state index in [4.69, 9.17) is 4.74 Å². The van der Waals surface area contributed by atoms with Crippen molar-refractivity contribution in [2.24, 2.45) is 34.5 Å². The van der Waals surface area contributed by atoms with Gasteiger partial charge < -0.3 is 4.74 Å². The second kappa shape index (κ2) is 6.40. The average Bonchev–Trinajstić information content (AvgIpc) is 2.87. The Labute approximate surface area is 167 Å². The van der Waals surface area contributed by atoms with Gasteiger partial charge in [0.2, 0.25) is 0 Å². The van der Waals surface area contributed by atoms with E-state index >= 15 is 0 Å². The molecule has 0 aliphatic heterocycles. The molecule has 0 spiro atoms. The number of carbonyl (C=O) groups excluding carboxylic acids is 3. The highest BCUT2D eigenvalue weighted by Gasteiger charge is 2.63. The largest absolute Gasteiger partial charge is 0.463 e. The number of hydrogen-bond acceptors (Lipinski definition) is 4. The molecule has 4 aliphatic carbocycles. The van der Waals surface area contributed by atoms with E-state index in [-0.39, 0.29) is 40.5 Å². The number of Topliss-reactive ketones (excluding diaryl/α,β-unsaturated/α-hetero) is 1. The van der Waals surface area contributed by atoms with Gasteiger partial charge in [-0.1, -0.05) is 25.0 Å². The molecule has 0 aromatic rings. The minimum Gasteiger partial charge on any atom is -0.463 e. The van der Waals surface area contributed by atoms with E-state index in [0.29, 0.717) is 24.0 Å². The van der Waals surface area contributed by atoms with E-state index in [1.807, 2.05) is 13.0 Å². The fraction of sp³-hybridized carbons (Fsp3) is 0.708. The summed E-state index contributed by atoms with van der Waals surface area (Å²) in [4.78, 5) is 36.7. The minimum absolute atomic E-state index is 0.0843. The molecule has 152 valence electrons. The highest BCUT2D eigenvalue weighted by Crippen LogP contribution is 2.66. The number of carbonyl (C=O) groups is 3. The van der Waals surface area contributed by atoms with Crippen LogP contribution < -0.4 is 0 Å². The predicted molar refractivity (Wildman–Crippen MR) is 106 cm³/mol. The van der Waals surface area contributed by atoms with Crippen molar-refractivity contribution in [1.82, 2.24) is 0 Å². The number of fused-ring (bicyclic) bond motifs is 5. The summed E-state index contributed by atoms with van der Waals surface area (Å²) in [5.74, 6) is 1.39. The molecular weight excluding hydrogens is 352 g/mol. The first-order valence-electron chi connectivity index (χ1n) is 10.7. The van der Waals surface area contributed by atoms with Crippen LogP contribution in [0.1, 0.15) is 66.7 Å². The summed E-state index contributed by atoms with van der Waals surface area (Å²) in [7, 11) is 0. The summed E-state index contributed by atoms with van der Waals surface area (Å²) in [5.41, 5.74) is 2.05. The maximum atomic E-state index is 13.1. The van der Waals surface area contributed by atoms with Gasteiger partial charge in [0.15, 0.2) is 5.78 Å². The molecule has 1 unspecified atom stereocenters. The van der Waals surface area contributed by atoms with Crippen LogP contribution in [0.4, 0.5) is 0 Å². The molecule has 0 radical (unpaired) electrons. The Hall–Kier alpha value is -1.71. The van der Waals surface area contributed by atoms with Gasteiger partial charge in [-0.05, 0) is 69.4 Å². The van der Waals surface area contributed by atoms with Crippen LogP contribution >= 0.6 is 0 Å². The lowest BCUT2D eigenvalue weighted by Gasteiger charge is -2.58. The molecular formula is C24H32O4. The second-order valence-electron chi connectivity index (χ2n) is 10.00. The van der Waals surface area contributed by atoms with Crippen LogP contribution in [-0.2, 0) is 19.1 Å². The molecule has 0 saturated heterocycles. The number of esters is 1. The molecule has 4 aliphatic rings. The lowest BCUT2D eigenvalue weighted by Crippen LogP contribution is -2.52. The lowest BCUT2D eigenvalue weighted by molar-refractivity contribution is -0.151. The summed E-state index contributed by atoms with van der Waals surface area (Å²) < 4.78 is 5.56. The zero-order valence-electron chi connectivity index (χ0n) is 17.7. The monoisotopic (exact) mass is 384 g/mol. The number of allylic oxidation sites excluding steroid dienone is 4. The smallest absolute Gasteiger partial charge is 0.302 e. The average molecular weight is 385 g/mol. The van der Waals surface area contributed by atoms with Gasteiger partial charge in [0.25, 0.3) is 0 Å². The van der Waals surface area contributed by atoms with Crippen molar-refractivity contribution >= 4 is 17.5 Å². The fourth-order valence-electron chi connectivity index (χ4n) is 7.32. The molecule has 0 heterocycles. The Morgan fingerprint density at radius 3 is 2.61 bits per heavy atom. The fourth-order valence-corrected chi connectivity index (χ4v) is 7.32. The summed E-state index contributed by atoms with van der Waals surface area (Å²) in [6.45, 7) is 9.95. The second-order valence-corrected chi connectivity index (χ2v) is 10.00. The molecule has 28 heavy (non-hydrogen) atoms. The number of rotatable bonds is 2. The number of hydrogen-bond donors (Lipinski definition) is 0. The highest BCUT2D eigenvalue weighted by molar-refractivity contribution is 6.02. The molecule has 4 nitrogen and oxygen atoms in total. The Balaban J connectivity index is 1.73. The summed E-state index contributed by atoms with van der Waals surface area (Å²) in [6, 6.07) is 0. The van der Waals surface area contributed by atoms with Gasteiger partial charge >= 0.3 is 5.97 Å². The zero-order chi connectivity index (χ0) is 20.4. The SMILES string of the molecule is CC(=O)OC(C)[C@@H]1CC(=O)[C@@]2(C)CC[C@H]3[C@@H](CCC4=CC(=O)C=C(C)[C@@]43C)[C@H]12. The van der Waals surface area contributed by atoms with Crippen molar-refractivity contribution in [2.45, 2.75) is 72.8 Å². The molecule has 3 fully saturated rings. The molecule has 0 aromatic carbocycles. The molecule has 0 N–H and O–H groups in total.